The number of ether oxygens (including phenoxy) is 1. The van der Waals surface area contributed by atoms with Gasteiger partial charge < -0.3 is 15.0 Å². The lowest BCUT2D eigenvalue weighted by Crippen LogP contribution is -2.49. The molecule has 0 saturated heterocycles. The van der Waals surface area contributed by atoms with E-state index in [1.165, 1.54) is 12.0 Å². The van der Waals surface area contributed by atoms with Crippen molar-refractivity contribution in [2.75, 3.05) is 19.8 Å². The van der Waals surface area contributed by atoms with Crippen LogP contribution in [-0.2, 0) is 21.0 Å². The van der Waals surface area contributed by atoms with Gasteiger partial charge in [-0.15, -0.1) is 0 Å². The summed E-state index contributed by atoms with van der Waals surface area (Å²) >= 11 is 0. The molecule has 0 aliphatic rings. The van der Waals surface area contributed by atoms with Crippen LogP contribution < -0.4 is 10.5 Å². The summed E-state index contributed by atoms with van der Waals surface area (Å²) in [7, 11) is -4.62. The lowest BCUT2D eigenvalue weighted by atomic mass is 10.2. The molecule has 0 aliphatic heterocycles. The van der Waals surface area contributed by atoms with Crippen LogP contribution >= 0.6 is 0 Å². The smallest absolute Gasteiger partial charge is 0.217 e. The molecular weight excluding hydrogens is 282 g/mol. The Morgan fingerprint density at radius 1 is 1.15 bits per heavy atom. The molecule has 1 aromatic rings. The SMILES string of the molecule is CCC[NH3+].CCc1ccc(OCCOS(=O)(=O)[O-])cc1. The Hall–Kier alpha value is -1.15. The van der Waals surface area contributed by atoms with E-state index >= 15 is 0 Å². The Labute approximate surface area is 120 Å². The second-order valence-electron chi connectivity index (χ2n) is 3.93. The second-order valence-corrected chi connectivity index (χ2v) is 4.98. The summed E-state index contributed by atoms with van der Waals surface area (Å²) in [6.45, 7) is 4.98. The first-order valence-corrected chi connectivity index (χ1v) is 7.87. The molecule has 7 heteroatoms. The van der Waals surface area contributed by atoms with Gasteiger partial charge in [-0.05, 0) is 30.5 Å². The Morgan fingerprint density at radius 2 is 1.70 bits per heavy atom. The number of aryl methyl sites for hydroxylation is 1. The van der Waals surface area contributed by atoms with E-state index in [4.69, 9.17) is 4.74 Å². The van der Waals surface area contributed by atoms with Crippen LogP contribution in [0.2, 0.25) is 0 Å². The highest BCUT2D eigenvalue weighted by molar-refractivity contribution is 7.80. The van der Waals surface area contributed by atoms with Crippen LogP contribution in [0.5, 0.6) is 5.75 Å². The van der Waals surface area contributed by atoms with E-state index in [2.05, 4.69) is 16.8 Å². The van der Waals surface area contributed by atoms with Crippen molar-refractivity contribution in [2.45, 2.75) is 26.7 Å². The number of rotatable bonds is 7. The maximum absolute atomic E-state index is 10.1. The maximum Gasteiger partial charge on any atom is 0.217 e. The average Bonchev–Trinajstić information content (AvgIpc) is 2.43. The summed E-state index contributed by atoms with van der Waals surface area (Å²) in [6.07, 6.45) is 2.15. The minimum Gasteiger partial charge on any atom is -0.726 e. The van der Waals surface area contributed by atoms with Gasteiger partial charge in [0.25, 0.3) is 0 Å². The van der Waals surface area contributed by atoms with E-state index in [1.54, 1.807) is 12.1 Å². The molecule has 0 atom stereocenters. The topological polar surface area (TPSA) is 103 Å². The molecule has 1 aromatic carbocycles. The molecule has 3 N–H and O–H groups in total. The molecule has 0 bridgehead atoms. The lowest BCUT2D eigenvalue weighted by Gasteiger charge is -2.09. The van der Waals surface area contributed by atoms with Crippen molar-refractivity contribution in [1.29, 1.82) is 0 Å². The fraction of sp³-hybridized carbons (Fsp3) is 0.538. The van der Waals surface area contributed by atoms with Gasteiger partial charge in [-0.3, -0.25) is 4.18 Å². The van der Waals surface area contributed by atoms with Gasteiger partial charge in [0.05, 0.1) is 13.2 Å². The summed E-state index contributed by atoms with van der Waals surface area (Å²) in [5.74, 6) is 0.615. The summed E-state index contributed by atoms with van der Waals surface area (Å²) < 4.78 is 39.4. The van der Waals surface area contributed by atoms with Crippen LogP contribution in [0.4, 0.5) is 0 Å². The summed E-state index contributed by atoms with van der Waals surface area (Å²) in [5.41, 5.74) is 4.79. The fourth-order valence-corrected chi connectivity index (χ4v) is 1.39. The average molecular weight is 305 g/mol. The van der Waals surface area contributed by atoms with Gasteiger partial charge in [0, 0.05) is 0 Å². The molecular formula is C13H23NO5S. The first-order chi connectivity index (χ1) is 9.42. The highest BCUT2D eigenvalue weighted by Crippen LogP contribution is 2.12. The summed E-state index contributed by atoms with van der Waals surface area (Å²) in [6, 6.07) is 7.40. The Bertz CT molecular complexity index is 442. The molecule has 0 unspecified atom stereocenters. The third kappa shape index (κ3) is 10.7. The molecule has 0 saturated carbocycles. The van der Waals surface area contributed by atoms with Crippen molar-refractivity contribution in [3.05, 3.63) is 29.8 Å². The normalized spacial score (nSPS) is 10.6. The number of benzene rings is 1. The monoisotopic (exact) mass is 305 g/mol. The van der Waals surface area contributed by atoms with Crippen LogP contribution in [0.15, 0.2) is 24.3 Å². The number of hydrogen-bond donors (Lipinski definition) is 1. The van der Waals surface area contributed by atoms with Crippen LogP contribution in [0.25, 0.3) is 0 Å². The third-order valence-electron chi connectivity index (χ3n) is 2.26. The Morgan fingerprint density at radius 3 is 2.10 bits per heavy atom. The predicted octanol–water partition coefficient (Wildman–Crippen LogP) is 0.743. The minimum atomic E-state index is -4.62. The van der Waals surface area contributed by atoms with Crippen molar-refractivity contribution in [3.63, 3.8) is 0 Å². The zero-order chi connectivity index (χ0) is 15.4. The Kier molecular flexibility index (Phi) is 10.0. The van der Waals surface area contributed by atoms with E-state index in [9.17, 15) is 13.0 Å². The van der Waals surface area contributed by atoms with E-state index in [0.29, 0.717) is 5.75 Å². The maximum atomic E-state index is 10.1. The van der Waals surface area contributed by atoms with Crippen molar-refractivity contribution >= 4 is 10.4 Å². The summed E-state index contributed by atoms with van der Waals surface area (Å²) in [4.78, 5) is 0. The van der Waals surface area contributed by atoms with Crippen LogP contribution in [0.1, 0.15) is 25.8 Å². The van der Waals surface area contributed by atoms with Crippen molar-refractivity contribution in [3.8, 4) is 5.75 Å². The van der Waals surface area contributed by atoms with Gasteiger partial charge >= 0.3 is 0 Å². The first-order valence-electron chi connectivity index (χ1n) is 6.54. The highest BCUT2D eigenvalue weighted by atomic mass is 32.3. The molecule has 0 amide bonds. The van der Waals surface area contributed by atoms with Gasteiger partial charge in [-0.2, -0.15) is 0 Å². The number of hydrogen-bond acceptors (Lipinski definition) is 5. The van der Waals surface area contributed by atoms with Crippen molar-refractivity contribution < 1.29 is 27.6 Å². The van der Waals surface area contributed by atoms with Gasteiger partial charge in [0.1, 0.15) is 12.4 Å². The Balaban J connectivity index is 0.000000796. The van der Waals surface area contributed by atoms with Crippen molar-refractivity contribution in [2.24, 2.45) is 0 Å². The molecule has 1 rings (SSSR count). The molecule has 0 heterocycles. The lowest BCUT2D eigenvalue weighted by molar-refractivity contribution is -0.367. The second kappa shape index (κ2) is 10.6. The molecule has 116 valence electrons. The van der Waals surface area contributed by atoms with E-state index in [1.807, 2.05) is 19.1 Å². The molecule has 0 aliphatic carbocycles. The van der Waals surface area contributed by atoms with Gasteiger partial charge in [-0.25, -0.2) is 8.42 Å². The van der Waals surface area contributed by atoms with Crippen molar-refractivity contribution in [1.82, 2.24) is 0 Å². The zero-order valence-electron chi connectivity index (χ0n) is 12.0. The quantitative estimate of drug-likeness (QED) is 0.454. The summed E-state index contributed by atoms with van der Waals surface area (Å²) in [5, 5.41) is 0. The number of quaternary nitrogens is 1. The molecule has 0 radical (unpaired) electrons. The van der Waals surface area contributed by atoms with Gasteiger partial charge in [-0.1, -0.05) is 26.0 Å². The van der Waals surface area contributed by atoms with Crippen LogP contribution in [0, 0.1) is 0 Å². The first kappa shape index (κ1) is 18.9. The van der Waals surface area contributed by atoms with E-state index in [-0.39, 0.29) is 13.2 Å². The largest absolute Gasteiger partial charge is 0.726 e. The molecule has 0 fully saturated rings. The minimum absolute atomic E-state index is 0.0208. The fourth-order valence-electron chi connectivity index (χ4n) is 1.12. The van der Waals surface area contributed by atoms with E-state index < -0.39 is 10.4 Å². The standard InChI is InChI=1S/C10H14O5S.C3H9N/c1-2-9-3-5-10(6-4-9)14-7-8-15-16(11,12)13;1-2-3-4/h3-6H,2,7-8H2,1H3,(H,11,12,13);2-4H2,1H3. The molecule has 20 heavy (non-hydrogen) atoms. The van der Waals surface area contributed by atoms with Gasteiger partial charge in [0.15, 0.2) is 0 Å². The van der Waals surface area contributed by atoms with Crippen LogP contribution in [0.3, 0.4) is 0 Å². The molecule has 0 spiro atoms. The molecule has 0 aromatic heterocycles. The highest BCUT2D eigenvalue weighted by Gasteiger charge is 1.97. The predicted molar refractivity (Wildman–Crippen MR) is 75.0 cm³/mol. The third-order valence-corrected chi connectivity index (χ3v) is 2.72. The van der Waals surface area contributed by atoms with Gasteiger partial charge in [0.2, 0.25) is 10.4 Å². The van der Waals surface area contributed by atoms with E-state index in [0.717, 1.165) is 13.0 Å². The molecule has 6 nitrogen and oxygen atoms in total. The zero-order valence-corrected chi connectivity index (χ0v) is 12.8. The van der Waals surface area contributed by atoms with Crippen LogP contribution in [-0.4, -0.2) is 32.7 Å².